The number of rotatable bonds is 2. The lowest BCUT2D eigenvalue weighted by molar-refractivity contribution is -0.0814. The van der Waals surface area contributed by atoms with Crippen molar-refractivity contribution in [2.75, 3.05) is 25.0 Å². The van der Waals surface area contributed by atoms with Gasteiger partial charge in [0.2, 0.25) is 5.88 Å². The maximum absolute atomic E-state index is 6.39. The van der Waals surface area contributed by atoms with Gasteiger partial charge in [-0.15, -0.1) is 0 Å². The summed E-state index contributed by atoms with van der Waals surface area (Å²) >= 11 is 0. The van der Waals surface area contributed by atoms with Crippen LogP contribution in [0, 0.1) is 17.9 Å². The van der Waals surface area contributed by atoms with Crippen LogP contribution in [0.3, 0.4) is 0 Å². The van der Waals surface area contributed by atoms with Crippen molar-refractivity contribution in [1.82, 2.24) is 9.88 Å². The molecular formula is C22H23N3O. The molecule has 0 radical (unpaired) electrons. The average Bonchev–Trinajstić information content (AvgIpc) is 3.03. The number of benzene rings is 1. The molecular weight excluding hydrogens is 322 g/mol. The number of nitrogens with one attached hydrogen (secondary N) is 1. The molecule has 4 heteroatoms. The lowest BCUT2D eigenvalue weighted by Crippen LogP contribution is -2.61. The third kappa shape index (κ3) is 2.83. The summed E-state index contributed by atoms with van der Waals surface area (Å²) in [6, 6.07) is 15.5. The van der Waals surface area contributed by atoms with Crippen LogP contribution in [-0.4, -0.2) is 35.1 Å². The van der Waals surface area contributed by atoms with Crippen molar-refractivity contribution in [3.05, 3.63) is 53.7 Å². The van der Waals surface area contributed by atoms with Crippen molar-refractivity contribution >= 4 is 5.69 Å². The van der Waals surface area contributed by atoms with E-state index in [2.05, 4.69) is 45.4 Å². The van der Waals surface area contributed by atoms with Crippen LogP contribution in [0.4, 0.5) is 5.69 Å². The lowest BCUT2D eigenvalue weighted by atomic mass is 9.73. The third-order valence-corrected chi connectivity index (χ3v) is 5.97. The van der Waals surface area contributed by atoms with Crippen LogP contribution in [0.15, 0.2) is 42.6 Å². The molecule has 2 bridgehead atoms. The molecule has 4 nitrogen and oxygen atoms in total. The first kappa shape index (κ1) is 15.7. The summed E-state index contributed by atoms with van der Waals surface area (Å²) in [5.41, 5.74) is 3.36. The molecule has 0 amide bonds. The zero-order valence-electron chi connectivity index (χ0n) is 14.9. The van der Waals surface area contributed by atoms with E-state index in [9.17, 15) is 0 Å². The van der Waals surface area contributed by atoms with Crippen molar-refractivity contribution in [1.29, 1.82) is 0 Å². The molecule has 2 aromatic rings. The molecule has 132 valence electrons. The predicted octanol–water partition coefficient (Wildman–Crippen LogP) is 3.10. The van der Waals surface area contributed by atoms with E-state index in [1.54, 1.807) is 0 Å². The lowest BCUT2D eigenvalue weighted by Gasteiger charge is -2.50. The Kier molecular flexibility index (Phi) is 3.83. The van der Waals surface area contributed by atoms with Crippen molar-refractivity contribution in [2.45, 2.75) is 31.3 Å². The second-order valence-electron chi connectivity index (χ2n) is 7.67. The highest BCUT2D eigenvalue weighted by Gasteiger charge is 2.52. The van der Waals surface area contributed by atoms with E-state index >= 15 is 0 Å². The van der Waals surface area contributed by atoms with Crippen LogP contribution in [0.1, 0.15) is 24.0 Å². The molecule has 1 aromatic heterocycles. The van der Waals surface area contributed by atoms with Gasteiger partial charge in [0.05, 0.1) is 11.9 Å². The molecule has 4 aliphatic rings. The number of pyridine rings is 1. The first-order valence-electron chi connectivity index (χ1n) is 9.49. The summed E-state index contributed by atoms with van der Waals surface area (Å²) in [6.07, 6.45) is 6.06. The Hall–Kier alpha value is -2.51. The van der Waals surface area contributed by atoms with Gasteiger partial charge in [0.1, 0.15) is 5.60 Å². The molecule has 5 heterocycles. The van der Waals surface area contributed by atoms with E-state index < -0.39 is 0 Å². The number of anilines is 1. The van der Waals surface area contributed by atoms with E-state index in [1.165, 1.54) is 37.1 Å². The van der Waals surface area contributed by atoms with Crippen LogP contribution in [0.5, 0.6) is 5.88 Å². The van der Waals surface area contributed by atoms with Crippen molar-refractivity contribution in [2.24, 2.45) is 5.92 Å². The first-order valence-corrected chi connectivity index (χ1v) is 9.49. The van der Waals surface area contributed by atoms with Crippen molar-refractivity contribution < 1.29 is 4.74 Å². The molecule has 1 N–H and O–H groups in total. The van der Waals surface area contributed by atoms with Crippen molar-refractivity contribution in [3.8, 4) is 17.8 Å². The highest BCUT2D eigenvalue weighted by Crippen LogP contribution is 2.46. The molecule has 0 aliphatic carbocycles. The molecule has 4 aliphatic heterocycles. The normalized spacial score (nSPS) is 28.2. The molecule has 3 saturated heterocycles. The fourth-order valence-electron chi connectivity index (χ4n) is 4.63. The zero-order valence-corrected chi connectivity index (χ0v) is 14.9. The molecule has 1 aromatic carbocycles. The Labute approximate surface area is 154 Å². The Morgan fingerprint density at radius 2 is 2.08 bits per heavy atom. The minimum atomic E-state index is -0.0382. The Balaban J connectivity index is 1.27. The fraction of sp³-hybridized carbons (Fsp3) is 0.409. The zero-order chi connectivity index (χ0) is 17.4. The summed E-state index contributed by atoms with van der Waals surface area (Å²) < 4.78 is 6.39. The standard InChI is InChI=1S/C22H23N3O/c1-2-5-17(6-3-1)7-4-10-23-20-13-18-14-22(26-21(18)24-15-20)16-25-11-8-19(22)9-12-25/h1-3,5-6,13,15,19,23H,7-9,11-12,14,16H2/t22-/m0/s1. The van der Waals surface area contributed by atoms with Crippen LogP contribution in [0.2, 0.25) is 0 Å². The molecule has 3 fully saturated rings. The maximum atomic E-state index is 6.39. The van der Waals surface area contributed by atoms with Crippen LogP contribution in [0.25, 0.3) is 0 Å². The molecule has 1 spiro atoms. The van der Waals surface area contributed by atoms with Gasteiger partial charge in [-0.05, 0) is 37.6 Å². The molecule has 26 heavy (non-hydrogen) atoms. The SMILES string of the molecule is C(#CNc1cnc2c(c1)C[C@@]1(CN3CCC1CC3)O2)Cc1ccccc1. The summed E-state index contributed by atoms with van der Waals surface area (Å²) in [5, 5.41) is 3.18. The van der Waals surface area contributed by atoms with E-state index in [1.807, 2.05) is 24.4 Å². The second kappa shape index (κ2) is 6.34. The van der Waals surface area contributed by atoms with Gasteiger partial charge < -0.3 is 10.1 Å². The van der Waals surface area contributed by atoms with Gasteiger partial charge in [0, 0.05) is 36.9 Å². The van der Waals surface area contributed by atoms with Crippen LogP contribution >= 0.6 is 0 Å². The minimum absolute atomic E-state index is 0.0382. The second-order valence-corrected chi connectivity index (χ2v) is 7.67. The number of piperidine rings is 3. The van der Waals surface area contributed by atoms with Gasteiger partial charge in [0.15, 0.2) is 0 Å². The quantitative estimate of drug-likeness (QED) is 0.670. The van der Waals surface area contributed by atoms with Gasteiger partial charge in [-0.3, -0.25) is 4.90 Å². The van der Waals surface area contributed by atoms with Gasteiger partial charge in [0.25, 0.3) is 0 Å². The van der Waals surface area contributed by atoms with E-state index in [-0.39, 0.29) is 5.60 Å². The highest BCUT2D eigenvalue weighted by atomic mass is 16.5. The fourth-order valence-corrected chi connectivity index (χ4v) is 4.63. The molecule has 6 rings (SSSR count). The molecule has 0 saturated carbocycles. The number of nitrogens with zero attached hydrogens (tertiary/aromatic N) is 2. The number of ether oxygens (including phenoxy) is 1. The average molecular weight is 345 g/mol. The summed E-state index contributed by atoms with van der Waals surface area (Å²) in [4.78, 5) is 7.10. The monoisotopic (exact) mass is 345 g/mol. The van der Waals surface area contributed by atoms with Gasteiger partial charge in [-0.25, -0.2) is 4.98 Å². The smallest absolute Gasteiger partial charge is 0.217 e. The summed E-state index contributed by atoms with van der Waals surface area (Å²) in [7, 11) is 0. The number of hydrogen-bond acceptors (Lipinski definition) is 4. The maximum Gasteiger partial charge on any atom is 0.217 e. The van der Waals surface area contributed by atoms with Gasteiger partial charge >= 0.3 is 0 Å². The van der Waals surface area contributed by atoms with E-state index in [4.69, 9.17) is 4.74 Å². The Bertz CT molecular complexity index is 862. The number of aromatic nitrogens is 1. The Morgan fingerprint density at radius 3 is 2.85 bits per heavy atom. The van der Waals surface area contributed by atoms with Crippen LogP contribution < -0.4 is 10.1 Å². The first-order chi connectivity index (χ1) is 12.8. The number of fused-ring (bicyclic) bond motifs is 3. The van der Waals surface area contributed by atoms with E-state index in [0.717, 1.165) is 31.0 Å². The molecule has 1 atom stereocenters. The third-order valence-electron chi connectivity index (χ3n) is 5.97. The minimum Gasteiger partial charge on any atom is -0.469 e. The summed E-state index contributed by atoms with van der Waals surface area (Å²) in [5.74, 6) is 4.66. The highest BCUT2D eigenvalue weighted by molar-refractivity contribution is 5.52. The van der Waals surface area contributed by atoms with Gasteiger partial charge in [-0.1, -0.05) is 36.3 Å². The number of hydrogen-bond donors (Lipinski definition) is 1. The largest absolute Gasteiger partial charge is 0.469 e. The Morgan fingerprint density at radius 1 is 1.23 bits per heavy atom. The molecule has 0 unspecified atom stereocenters. The predicted molar refractivity (Wildman–Crippen MR) is 102 cm³/mol. The van der Waals surface area contributed by atoms with Crippen LogP contribution in [-0.2, 0) is 12.8 Å². The summed E-state index contributed by atoms with van der Waals surface area (Å²) in [6.45, 7) is 3.50. The van der Waals surface area contributed by atoms with Crippen molar-refractivity contribution in [3.63, 3.8) is 0 Å². The van der Waals surface area contributed by atoms with Gasteiger partial charge in [-0.2, -0.15) is 0 Å². The topological polar surface area (TPSA) is 37.4 Å². The van der Waals surface area contributed by atoms with E-state index in [0.29, 0.717) is 5.92 Å².